The molecule has 14 heteroatoms. The first-order chi connectivity index (χ1) is 20.6. The van der Waals surface area contributed by atoms with Crippen molar-refractivity contribution in [3.63, 3.8) is 0 Å². The number of halogens is 7. The smallest absolute Gasteiger partial charge is 0.418 e. The molecule has 5 rings (SSSR count). The molecule has 44 heavy (non-hydrogen) atoms. The van der Waals surface area contributed by atoms with Crippen molar-refractivity contribution in [3.8, 4) is 0 Å². The summed E-state index contributed by atoms with van der Waals surface area (Å²) in [6.07, 6.45) is -6.46. The number of aryl methyl sites for hydroxylation is 1. The summed E-state index contributed by atoms with van der Waals surface area (Å²) in [6.45, 7) is 2.02. The van der Waals surface area contributed by atoms with E-state index >= 15 is 0 Å². The minimum atomic E-state index is -5.03. The Hall–Kier alpha value is -3.39. The van der Waals surface area contributed by atoms with Gasteiger partial charge < -0.3 is 25.5 Å². The molecule has 0 spiro atoms. The number of rotatable bonds is 6. The number of hydrogen-bond acceptors (Lipinski definition) is 4. The van der Waals surface area contributed by atoms with E-state index in [-0.39, 0.29) is 56.7 Å². The fraction of sp³-hybridized carbons (Fsp3) is 0.533. The molecular weight excluding hydrogens is 597 g/mol. The predicted octanol–water partition coefficient (Wildman–Crippen LogP) is 6.27. The molecule has 0 radical (unpaired) electrons. The first-order valence-corrected chi connectivity index (χ1v) is 14.4. The van der Waals surface area contributed by atoms with Gasteiger partial charge >= 0.3 is 18.3 Å². The van der Waals surface area contributed by atoms with Crippen LogP contribution in [-0.2, 0) is 35.0 Å². The minimum absolute atomic E-state index is 0.0221. The zero-order valence-electron chi connectivity index (χ0n) is 24.1. The number of carbonyl (C=O) groups excluding carboxylic acids is 1. The number of nitrogens with one attached hydrogen (secondary N) is 1. The number of hydrogen-bond donors (Lipinski definition) is 2. The van der Waals surface area contributed by atoms with Crippen LogP contribution in [-0.4, -0.2) is 60.1 Å². The Bertz CT molecular complexity index is 1310. The lowest BCUT2D eigenvalue weighted by Crippen LogP contribution is -2.52. The summed E-state index contributed by atoms with van der Waals surface area (Å²) >= 11 is 0. The molecule has 3 heterocycles. The third-order valence-corrected chi connectivity index (χ3v) is 8.08. The normalized spacial score (nSPS) is 20.7. The van der Waals surface area contributed by atoms with Crippen molar-refractivity contribution in [3.05, 3.63) is 69.3 Å². The van der Waals surface area contributed by atoms with E-state index < -0.39 is 47.0 Å². The summed E-state index contributed by atoms with van der Waals surface area (Å²) in [5, 5.41) is 15.5. The minimum Gasteiger partial charge on any atom is -0.655 e. The average molecular weight is 632 g/mol. The zero-order chi connectivity index (χ0) is 32.2. The number of aliphatic carboxylic acids is 1. The van der Waals surface area contributed by atoms with Gasteiger partial charge in [-0.05, 0) is 62.6 Å². The van der Waals surface area contributed by atoms with Crippen molar-refractivity contribution in [2.75, 3.05) is 31.1 Å². The van der Waals surface area contributed by atoms with Crippen LogP contribution in [0.5, 0.6) is 0 Å². The summed E-state index contributed by atoms with van der Waals surface area (Å²) in [5.74, 6) is -1.29. The number of piperidine rings is 1. The Morgan fingerprint density at radius 2 is 1.68 bits per heavy atom. The van der Waals surface area contributed by atoms with E-state index in [2.05, 4.69) is 10.6 Å². The number of anilines is 1. The van der Waals surface area contributed by atoms with Crippen molar-refractivity contribution in [1.82, 2.24) is 10.2 Å². The van der Waals surface area contributed by atoms with Crippen LogP contribution in [0.15, 0.2) is 30.3 Å². The van der Waals surface area contributed by atoms with E-state index in [9.17, 15) is 40.3 Å². The van der Waals surface area contributed by atoms with Crippen LogP contribution in [0.1, 0.15) is 59.9 Å². The summed E-state index contributed by atoms with van der Waals surface area (Å²) < 4.78 is 97.5. The molecule has 3 aliphatic heterocycles. The maximum atomic E-state index is 14.0. The molecular formula is C30H34F7N4O3-. The van der Waals surface area contributed by atoms with E-state index in [1.165, 1.54) is 23.1 Å². The zero-order valence-corrected chi connectivity index (χ0v) is 24.1. The molecule has 2 atom stereocenters. The number of carboxylic acid groups (broad SMARTS) is 1. The Morgan fingerprint density at radius 1 is 1.00 bits per heavy atom. The van der Waals surface area contributed by atoms with Crippen molar-refractivity contribution in [2.45, 2.75) is 76.6 Å². The van der Waals surface area contributed by atoms with Gasteiger partial charge in [0.05, 0.1) is 16.8 Å². The van der Waals surface area contributed by atoms with Crippen LogP contribution < -0.4 is 10.2 Å². The molecule has 0 aromatic heterocycles. The second kappa shape index (κ2) is 13.7. The number of benzene rings is 2. The van der Waals surface area contributed by atoms with E-state index in [4.69, 9.17) is 5.11 Å². The molecule has 2 N–H and O–H groups in total. The molecule has 1 amide bonds. The van der Waals surface area contributed by atoms with Gasteiger partial charge in [0.2, 0.25) is 5.91 Å². The van der Waals surface area contributed by atoms with Crippen LogP contribution in [0.25, 0.3) is 5.32 Å². The first-order valence-electron chi connectivity index (χ1n) is 14.4. The highest BCUT2D eigenvalue weighted by molar-refractivity contribution is 5.79. The summed E-state index contributed by atoms with van der Waals surface area (Å²) in [6, 6.07) is 4.72. The fourth-order valence-corrected chi connectivity index (χ4v) is 5.83. The molecule has 0 saturated carbocycles. The fourth-order valence-electron chi connectivity index (χ4n) is 5.83. The average Bonchev–Trinajstić information content (AvgIpc) is 3.33. The molecule has 3 fully saturated rings. The number of piperazine rings is 1. The van der Waals surface area contributed by atoms with Gasteiger partial charge in [0.1, 0.15) is 11.9 Å². The lowest BCUT2D eigenvalue weighted by atomic mass is 9.98. The molecule has 0 aliphatic carbocycles. The molecule has 2 unspecified atom stereocenters. The Balaban J connectivity index is 0.000000421. The van der Waals surface area contributed by atoms with Crippen molar-refractivity contribution < 1.29 is 45.4 Å². The third-order valence-electron chi connectivity index (χ3n) is 8.08. The Morgan fingerprint density at radius 3 is 2.23 bits per heavy atom. The highest BCUT2D eigenvalue weighted by Crippen LogP contribution is 2.46. The topological polar surface area (TPSA) is 87.0 Å². The van der Waals surface area contributed by atoms with Crippen LogP contribution in [0.3, 0.4) is 0 Å². The van der Waals surface area contributed by atoms with Crippen molar-refractivity contribution >= 4 is 17.6 Å². The van der Waals surface area contributed by atoms with Gasteiger partial charge in [0.15, 0.2) is 0 Å². The molecule has 2 aromatic rings. The molecule has 242 valence electrons. The van der Waals surface area contributed by atoms with Gasteiger partial charge in [-0.15, -0.1) is 13.1 Å². The lowest BCUT2D eigenvalue weighted by Gasteiger charge is -2.41. The van der Waals surface area contributed by atoms with Gasteiger partial charge in [0, 0.05) is 32.1 Å². The van der Waals surface area contributed by atoms with E-state index in [0.29, 0.717) is 17.5 Å². The van der Waals surface area contributed by atoms with Gasteiger partial charge in [-0.3, -0.25) is 9.59 Å². The maximum absolute atomic E-state index is 14.0. The standard InChI is InChI=1S/C24H23F7N3O.C6H11NO2/c1-14-8-17(25)3-2-16(14)12-32-11-15-9-19(23(26,27)28)22(20(10-15)24(29,30)31)33-6-7-34-18(13-33)4-5-21(34)35;8-6(9)5-3-1-2-4-7-5/h2-3,8-10,18H,4-7,11-13H2,1H3;5,7H,1-4H2,(H,8,9)/q-1;. The number of fused-ring (bicyclic) bond motifs is 1. The van der Waals surface area contributed by atoms with Crippen LogP contribution in [0.4, 0.5) is 36.4 Å². The molecule has 3 aliphatic rings. The monoisotopic (exact) mass is 631 g/mol. The quantitative estimate of drug-likeness (QED) is 0.367. The van der Waals surface area contributed by atoms with Crippen molar-refractivity contribution in [2.24, 2.45) is 0 Å². The number of alkyl halides is 6. The summed E-state index contributed by atoms with van der Waals surface area (Å²) in [5.41, 5.74) is -2.65. The highest BCUT2D eigenvalue weighted by Gasteiger charge is 2.45. The van der Waals surface area contributed by atoms with Gasteiger partial charge in [-0.25, -0.2) is 4.39 Å². The SMILES string of the molecule is Cc1cc(F)ccc1C[N-]Cc1cc(C(F)(F)F)c(N2CCN3C(=O)CCC3C2)c(C(F)(F)F)c1.O=C(O)C1CCCCN1. The van der Waals surface area contributed by atoms with E-state index in [1.807, 2.05) is 0 Å². The lowest BCUT2D eigenvalue weighted by molar-refractivity contribution is -0.143. The third kappa shape index (κ3) is 8.20. The molecule has 2 aromatic carbocycles. The van der Waals surface area contributed by atoms with Gasteiger partial charge in [-0.1, -0.05) is 23.6 Å². The van der Waals surface area contributed by atoms with E-state index in [0.717, 1.165) is 42.8 Å². The second-order valence-electron chi connectivity index (χ2n) is 11.2. The van der Waals surface area contributed by atoms with E-state index in [1.54, 1.807) is 6.92 Å². The molecule has 7 nitrogen and oxygen atoms in total. The number of amides is 1. The van der Waals surface area contributed by atoms with Gasteiger partial charge in [0.25, 0.3) is 0 Å². The van der Waals surface area contributed by atoms with Crippen LogP contribution in [0, 0.1) is 12.7 Å². The molecule has 0 bridgehead atoms. The molecule has 3 saturated heterocycles. The number of nitrogens with zero attached hydrogens (tertiary/aromatic N) is 3. The van der Waals surface area contributed by atoms with Gasteiger partial charge in [-0.2, -0.15) is 26.3 Å². The van der Waals surface area contributed by atoms with Crippen LogP contribution >= 0.6 is 0 Å². The highest BCUT2D eigenvalue weighted by atomic mass is 19.4. The maximum Gasteiger partial charge on any atom is 0.418 e. The second-order valence-corrected chi connectivity index (χ2v) is 11.2. The Labute approximate surface area is 250 Å². The number of carbonyl (C=O) groups is 2. The van der Waals surface area contributed by atoms with Crippen LogP contribution in [0.2, 0.25) is 0 Å². The number of carboxylic acids is 1. The van der Waals surface area contributed by atoms with Crippen molar-refractivity contribution in [1.29, 1.82) is 0 Å². The first kappa shape index (κ1) is 33.5. The Kier molecular flexibility index (Phi) is 10.4. The summed E-state index contributed by atoms with van der Waals surface area (Å²) in [4.78, 5) is 24.8. The largest absolute Gasteiger partial charge is 0.655 e. The summed E-state index contributed by atoms with van der Waals surface area (Å²) in [7, 11) is 0. The predicted molar refractivity (Wildman–Crippen MR) is 149 cm³/mol.